The van der Waals surface area contributed by atoms with Gasteiger partial charge in [-0.2, -0.15) is 0 Å². The monoisotopic (exact) mass is 323 g/mol. The van der Waals surface area contributed by atoms with Crippen molar-refractivity contribution in [2.45, 2.75) is 12.5 Å². The summed E-state index contributed by atoms with van der Waals surface area (Å²) in [4.78, 5) is 0.927. The molecule has 1 aromatic heterocycles. The molecule has 0 aliphatic carbocycles. The molecule has 0 saturated carbocycles. The van der Waals surface area contributed by atoms with Crippen molar-refractivity contribution in [2.24, 2.45) is 5.73 Å². The van der Waals surface area contributed by atoms with Gasteiger partial charge in [0.15, 0.2) is 0 Å². The molecular formula is C16H12ClF2NS. The van der Waals surface area contributed by atoms with E-state index in [4.69, 9.17) is 17.3 Å². The first kappa shape index (κ1) is 14.4. The van der Waals surface area contributed by atoms with Crippen molar-refractivity contribution in [1.82, 2.24) is 0 Å². The van der Waals surface area contributed by atoms with E-state index in [1.165, 1.54) is 41.7 Å². The number of nitrogens with two attached hydrogens (primary N) is 1. The third-order valence-electron chi connectivity index (χ3n) is 3.31. The molecule has 0 radical (unpaired) electrons. The van der Waals surface area contributed by atoms with Gasteiger partial charge >= 0.3 is 0 Å². The fraction of sp³-hybridized carbons (Fsp3) is 0.125. The largest absolute Gasteiger partial charge is 0.323 e. The second kappa shape index (κ2) is 5.72. The molecule has 3 aromatic rings. The Morgan fingerprint density at radius 1 is 1.05 bits per heavy atom. The van der Waals surface area contributed by atoms with E-state index in [0.717, 1.165) is 15.0 Å². The molecule has 1 atom stereocenters. The van der Waals surface area contributed by atoms with Gasteiger partial charge in [-0.1, -0.05) is 17.7 Å². The summed E-state index contributed by atoms with van der Waals surface area (Å²) < 4.78 is 27.3. The van der Waals surface area contributed by atoms with Crippen LogP contribution in [0.2, 0.25) is 5.02 Å². The SMILES string of the molecule is NC(Cc1cc(F)ccc1Cl)c1cc2ccc(F)cc2s1. The van der Waals surface area contributed by atoms with Crippen molar-refractivity contribution in [3.05, 3.63) is 69.6 Å². The van der Waals surface area contributed by atoms with Crippen LogP contribution in [0, 0.1) is 11.6 Å². The van der Waals surface area contributed by atoms with E-state index in [9.17, 15) is 8.78 Å². The molecule has 3 rings (SSSR count). The van der Waals surface area contributed by atoms with Crippen LogP contribution in [0.3, 0.4) is 0 Å². The van der Waals surface area contributed by atoms with Gasteiger partial charge < -0.3 is 5.73 Å². The Hall–Kier alpha value is -1.49. The van der Waals surface area contributed by atoms with Gasteiger partial charge in [-0.3, -0.25) is 0 Å². The summed E-state index contributed by atoms with van der Waals surface area (Å²) in [6.45, 7) is 0. The zero-order valence-corrected chi connectivity index (χ0v) is 12.5. The minimum atomic E-state index is -0.333. The van der Waals surface area contributed by atoms with E-state index >= 15 is 0 Å². The number of halogens is 3. The Morgan fingerprint density at radius 2 is 1.76 bits per heavy atom. The van der Waals surface area contributed by atoms with E-state index < -0.39 is 0 Å². The van der Waals surface area contributed by atoms with Gasteiger partial charge in [-0.05, 0) is 53.8 Å². The summed E-state index contributed by atoms with van der Waals surface area (Å²) in [5.74, 6) is -0.599. The Bertz CT molecular complexity index is 800. The number of rotatable bonds is 3. The normalized spacial score (nSPS) is 12.8. The summed E-state index contributed by atoms with van der Waals surface area (Å²) in [6, 6.07) is 10.5. The molecule has 1 nitrogen and oxygen atoms in total. The average Bonchev–Trinajstić information content (AvgIpc) is 2.86. The summed E-state index contributed by atoms with van der Waals surface area (Å²) in [7, 11) is 0. The van der Waals surface area contributed by atoms with Crippen molar-refractivity contribution in [1.29, 1.82) is 0 Å². The molecule has 2 aromatic carbocycles. The molecule has 0 fully saturated rings. The van der Waals surface area contributed by atoms with E-state index in [2.05, 4.69) is 0 Å². The molecule has 0 aliphatic heterocycles. The third kappa shape index (κ3) is 3.07. The molecule has 2 N–H and O–H groups in total. The lowest BCUT2D eigenvalue weighted by molar-refractivity contribution is 0.622. The van der Waals surface area contributed by atoms with Crippen LogP contribution in [0.25, 0.3) is 10.1 Å². The Labute approximate surface area is 130 Å². The first-order valence-corrected chi connectivity index (χ1v) is 7.61. The number of fused-ring (bicyclic) bond motifs is 1. The fourth-order valence-electron chi connectivity index (χ4n) is 2.25. The van der Waals surface area contributed by atoms with Gasteiger partial charge in [0, 0.05) is 20.6 Å². The average molecular weight is 324 g/mol. The molecule has 0 bridgehead atoms. The zero-order valence-electron chi connectivity index (χ0n) is 10.9. The van der Waals surface area contributed by atoms with Gasteiger partial charge in [0.25, 0.3) is 0 Å². The van der Waals surface area contributed by atoms with E-state index in [1.54, 1.807) is 6.07 Å². The summed E-state index contributed by atoms with van der Waals surface area (Å²) in [5, 5.41) is 1.45. The zero-order chi connectivity index (χ0) is 15.0. The van der Waals surface area contributed by atoms with E-state index in [0.29, 0.717) is 17.0 Å². The predicted molar refractivity (Wildman–Crippen MR) is 83.8 cm³/mol. The number of hydrogen-bond acceptors (Lipinski definition) is 2. The lowest BCUT2D eigenvalue weighted by atomic mass is 10.0. The highest BCUT2D eigenvalue weighted by Crippen LogP contribution is 2.32. The second-order valence-electron chi connectivity index (χ2n) is 4.88. The standard InChI is InChI=1S/C16H12ClF2NS/c17-13-4-3-11(18)5-10(13)6-14(20)16-7-9-1-2-12(19)8-15(9)21-16/h1-5,7-8,14H,6,20H2. The first-order valence-electron chi connectivity index (χ1n) is 6.41. The summed E-state index contributed by atoms with van der Waals surface area (Å²) in [6.07, 6.45) is 0.436. The highest BCUT2D eigenvalue weighted by Gasteiger charge is 2.13. The van der Waals surface area contributed by atoms with Crippen LogP contribution < -0.4 is 5.73 Å². The number of hydrogen-bond donors (Lipinski definition) is 1. The van der Waals surface area contributed by atoms with Crippen molar-refractivity contribution in [3.8, 4) is 0 Å². The highest BCUT2D eigenvalue weighted by atomic mass is 35.5. The van der Waals surface area contributed by atoms with Crippen molar-refractivity contribution in [3.63, 3.8) is 0 Å². The van der Waals surface area contributed by atoms with Crippen LogP contribution in [0.15, 0.2) is 42.5 Å². The van der Waals surface area contributed by atoms with Crippen LogP contribution in [0.1, 0.15) is 16.5 Å². The lowest BCUT2D eigenvalue weighted by Crippen LogP contribution is -2.12. The van der Waals surface area contributed by atoms with E-state index in [1.807, 2.05) is 6.07 Å². The van der Waals surface area contributed by atoms with Crippen LogP contribution >= 0.6 is 22.9 Å². The number of thiophene rings is 1. The Kier molecular flexibility index (Phi) is 3.93. The second-order valence-corrected chi connectivity index (χ2v) is 6.40. The molecule has 21 heavy (non-hydrogen) atoms. The molecule has 0 saturated heterocycles. The van der Waals surface area contributed by atoms with Crippen molar-refractivity contribution >= 4 is 33.0 Å². The highest BCUT2D eigenvalue weighted by molar-refractivity contribution is 7.19. The quantitative estimate of drug-likeness (QED) is 0.715. The van der Waals surface area contributed by atoms with Gasteiger partial charge in [0.2, 0.25) is 0 Å². The topological polar surface area (TPSA) is 26.0 Å². The van der Waals surface area contributed by atoms with Crippen molar-refractivity contribution in [2.75, 3.05) is 0 Å². The van der Waals surface area contributed by atoms with Gasteiger partial charge in [-0.25, -0.2) is 8.78 Å². The van der Waals surface area contributed by atoms with Crippen LogP contribution in [-0.2, 0) is 6.42 Å². The fourth-order valence-corrected chi connectivity index (χ4v) is 3.53. The maximum absolute atomic E-state index is 13.3. The van der Waals surface area contributed by atoms with Crippen molar-refractivity contribution < 1.29 is 8.78 Å². The molecule has 5 heteroatoms. The van der Waals surface area contributed by atoms with E-state index in [-0.39, 0.29) is 17.7 Å². The van der Waals surface area contributed by atoms with Gasteiger partial charge in [-0.15, -0.1) is 11.3 Å². The molecule has 0 spiro atoms. The molecule has 1 heterocycles. The minimum absolute atomic E-state index is 0.266. The summed E-state index contributed by atoms with van der Waals surface area (Å²) >= 11 is 7.51. The predicted octanol–water partition coefficient (Wildman–Crippen LogP) is 5.08. The Balaban J connectivity index is 1.89. The Morgan fingerprint density at radius 3 is 2.57 bits per heavy atom. The molecule has 1 unspecified atom stereocenters. The smallest absolute Gasteiger partial charge is 0.124 e. The lowest BCUT2D eigenvalue weighted by Gasteiger charge is -2.11. The number of benzene rings is 2. The maximum atomic E-state index is 13.3. The molecular weight excluding hydrogens is 312 g/mol. The van der Waals surface area contributed by atoms with Gasteiger partial charge in [0.05, 0.1) is 0 Å². The third-order valence-corrected chi connectivity index (χ3v) is 4.91. The van der Waals surface area contributed by atoms with Crippen LogP contribution in [0.5, 0.6) is 0 Å². The van der Waals surface area contributed by atoms with Crippen LogP contribution in [-0.4, -0.2) is 0 Å². The van der Waals surface area contributed by atoms with Gasteiger partial charge in [0.1, 0.15) is 11.6 Å². The molecule has 0 amide bonds. The summed E-state index contributed by atoms with van der Waals surface area (Å²) in [5.41, 5.74) is 6.86. The molecule has 0 aliphatic rings. The minimum Gasteiger partial charge on any atom is -0.323 e. The van der Waals surface area contributed by atoms with Crippen LogP contribution in [0.4, 0.5) is 8.78 Å². The first-order chi connectivity index (χ1) is 10.0. The molecule has 108 valence electrons. The maximum Gasteiger partial charge on any atom is 0.124 e.